The van der Waals surface area contributed by atoms with E-state index in [0.29, 0.717) is 22.9 Å². The number of carbonyl (C=O) groups excluding carboxylic acids is 3. The van der Waals surface area contributed by atoms with E-state index in [1.807, 2.05) is 13.0 Å². The summed E-state index contributed by atoms with van der Waals surface area (Å²) in [5.41, 5.74) is 6.90. The lowest BCUT2D eigenvalue weighted by Crippen LogP contribution is -2.54. The Balaban J connectivity index is 1.89. The molecule has 2 aromatic rings. The molecule has 2 rings (SSSR count). The Morgan fingerprint density at radius 2 is 1.70 bits per heavy atom. The lowest BCUT2D eigenvalue weighted by Gasteiger charge is -2.21. The molecule has 0 aliphatic heterocycles. The largest absolute Gasteiger partial charge is 0.489 e. The average Bonchev–Trinajstić information content (AvgIpc) is 2.71. The molecule has 1 unspecified atom stereocenters. The first-order chi connectivity index (χ1) is 14.2. The van der Waals surface area contributed by atoms with Crippen LogP contribution in [0.1, 0.15) is 42.3 Å². The summed E-state index contributed by atoms with van der Waals surface area (Å²) in [7, 11) is 0. The molecule has 8 heteroatoms. The molecule has 2 aromatic carbocycles. The van der Waals surface area contributed by atoms with Crippen LogP contribution in [0.3, 0.4) is 0 Å². The predicted octanol–water partition coefficient (Wildman–Crippen LogP) is 3.15. The van der Waals surface area contributed by atoms with E-state index in [1.165, 1.54) is 6.92 Å². The average molecular weight is 432 g/mol. The van der Waals surface area contributed by atoms with Crippen molar-refractivity contribution in [2.75, 3.05) is 0 Å². The summed E-state index contributed by atoms with van der Waals surface area (Å²) in [5, 5.41) is 3.24. The second-order valence-electron chi connectivity index (χ2n) is 7.26. The van der Waals surface area contributed by atoms with Gasteiger partial charge in [0.1, 0.15) is 18.4 Å². The number of carbonyl (C=O) groups is 3. The molecule has 0 bridgehead atoms. The van der Waals surface area contributed by atoms with Gasteiger partial charge in [-0.3, -0.25) is 25.2 Å². The van der Waals surface area contributed by atoms with Crippen molar-refractivity contribution in [1.82, 2.24) is 16.2 Å². The standard InChI is InChI=1S/C22H26ClN3O4/c1-13(2)20(24-15(4)27)22(29)26-25-21(28)17-7-5-16(6-8-17)12-30-18-9-10-19(23)14(3)11-18/h5-11,13,20H,12H2,1-4H3,(H,24,27)(H,25,28)(H,26,29). The second-order valence-corrected chi connectivity index (χ2v) is 7.67. The third kappa shape index (κ3) is 6.77. The number of amides is 3. The van der Waals surface area contributed by atoms with Gasteiger partial charge in [-0.2, -0.15) is 0 Å². The lowest BCUT2D eigenvalue weighted by atomic mass is 10.0. The summed E-state index contributed by atoms with van der Waals surface area (Å²) in [6.07, 6.45) is 0. The maximum absolute atomic E-state index is 12.3. The number of aryl methyl sites for hydroxylation is 1. The molecule has 0 radical (unpaired) electrons. The fourth-order valence-corrected chi connectivity index (χ4v) is 2.77. The highest BCUT2D eigenvalue weighted by atomic mass is 35.5. The minimum Gasteiger partial charge on any atom is -0.489 e. The van der Waals surface area contributed by atoms with Crippen LogP contribution in [0, 0.1) is 12.8 Å². The van der Waals surface area contributed by atoms with E-state index in [1.54, 1.807) is 50.2 Å². The van der Waals surface area contributed by atoms with Gasteiger partial charge in [0.25, 0.3) is 11.8 Å². The van der Waals surface area contributed by atoms with Gasteiger partial charge in [0.15, 0.2) is 0 Å². The Labute approximate surface area is 181 Å². The zero-order chi connectivity index (χ0) is 22.3. The van der Waals surface area contributed by atoms with Crippen molar-refractivity contribution in [2.45, 2.75) is 40.3 Å². The fourth-order valence-electron chi connectivity index (χ4n) is 2.65. The first kappa shape index (κ1) is 23.2. The maximum atomic E-state index is 12.3. The van der Waals surface area contributed by atoms with Crippen LogP contribution in [-0.4, -0.2) is 23.8 Å². The molecular formula is C22H26ClN3O4. The minimum absolute atomic E-state index is 0.130. The summed E-state index contributed by atoms with van der Waals surface area (Å²) < 4.78 is 5.74. The van der Waals surface area contributed by atoms with Crippen LogP contribution in [0.5, 0.6) is 5.75 Å². The molecule has 0 saturated heterocycles. The minimum atomic E-state index is -0.737. The molecule has 0 spiro atoms. The Bertz CT molecular complexity index is 913. The third-order valence-corrected chi connectivity index (χ3v) is 4.78. The van der Waals surface area contributed by atoms with E-state index in [0.717, 1.165) is 11.1 Å². The first-order valence-corrected chi connectivity index (χ1v) is 9.90. The van der Waals surface area contributed by atoms with Gasteiger partial charge in [0.05, 0.1) is 0 Å². The van der Waals surface area contributed by atoms with Gasteiger partial charge in [-0.1, -0.05) is 37.6 Å². The quantitative estimate of drug-likeness (QED) is 0.587. The number of hydrogen-bond acceptors (Lipinski definition) is 4. The fraction of sp³-hybridized carbons (Fsp3) is 0.318. The molecule has 160 valence electrons. The number of halogens is 1. The number of rotatable bonds is 7. The van der Waals surface area contributed by atoms with Crippen molar-refractivity contribution < 1.29 is 19.1 Å². The van der Waals surface area contributed by atoms with E-state index in [9.17, 15) is 14.4 Å². The summed E-state index contributed by atoms with van der Waals surface area (Å²) in [4.78, 5) is 35.7. The van der Waals surface area contributed by atoms with Gasteiger partial charge < -0.3 is 10.1 Å². The molecule has 0 aliphatic rings. The van der Waals surface area contributed by atoms with Crippen molar-refractivity contribution in [1.29, 1.82) is 0 Å². The Morgan fingerprint density at radius 3 is 2.27 bits per heavy atom. The monoisotopic (exact) mass is 431 g/mol. The summed E-state index contributed by atoms with van der Waals surface area (Å²) in [5.74, 6) is -0.692. The topological polar surface area (TPSA) is 96.5 Å². The second kappa shape index (κ2) is 10.6. The molecule has 0 aliphatic carbocycles. The molecule has 1 atom stereocenters. The van der Waals surface area contributed by atoms with E-state index in [4.69, 9.17) is 16.3 Å². The number of ether oxygens (including phenoxy) is 1. The molecular weight excluding hydrogens is 406 g/mol. The number of benzene rings is 2. The molecule has 30 heavy (non-hydrogen) atoms. The predicted molar refractivity (Wildman–Crippen MR) is 115 cm³/mol. The van der Waals surface area contributed by atoms with Crippen LogP contribution < -0.4 is 20.9 Å². The summed E-state index contributed by atoms with van der Waals surface area (Å²) in [6, 6.07) is 11.5. The zero-order valence-electron chi connectivity index (χ0n) is 17.4. The van der Waals surface area contributed by atoms with Crippen LogP contribution in [0.4, 0.5) is 0 Å². The van der Waals surface area contributed by atoms with Gasteiger partial charge in [-0.05, 0) is 54.3 Å². The van der Waals surface area contributed by atoms with Gasteiger partial charge in [-0.15, -0.1) is 0 Å². The highest BCUT2D eigenvalue weighted by Crippen LogP contribution is 2.21. The smallest absolute Gasteiger partial charge is 0.269 e. The van der Waals surface area contributed by atoms with Crippen LogP contribution in [0.2, 0.25) is 5.02 Å². The molecule has 0 fully saturated rings. The van der Waals surface area contributed by atoms with E-state index >= 15 is 0 Å². The lowest BCUT2D eigenvalue weighted by molar-refractivity contribution is -0.129. The number of hydrazine groups is 1. The van der Waals surface area contributed by atoms with Gasteiger partial charge in [0, 0.05) is 17.5 Å². The van der Waals surface area contributed by atoms with Crippen LogP contribution >= 0.6 is 11.6 Å². The van der Waals surface area contributed by atoms with Gasteiger partial charge >= 0.3 is 0 Å². The van der Waals surface area contributed by atoms with E-state index in [2.05, 4.69) is 16.2 Å². The van der Waals surface area contributed by atoms with Crippen LogP contribution in [-0.2, 0) is 16.2 Å². The molecule has 3 N–H and O–H groups in total. The SMILES string of the molecule is CC(=O)NC(C(=O)NNC(=O)c1ccc(COc2ccc(Cl)c(C)c2)cc1)C(C)C. The Hall–Kier alpha value is -3.06. The number of hydrogen-bond donors (Lipinski definition) is 3. The van der Waals surface area contributed by atoms with Crippen molar-refractivity contribution in [3.8, 4) is 5.75 Å². The summed E-state index contributed by atoms with van der Waals surface area (Å²) in [6.45, 7) is 7.18. The van der Waals surface area contributed by atoms with Crippen LogP contribution in [0.15, 0.2) is 42.5 Å². The van der Waals surface area contributed by atoms with E-state index < -0.39 is 17.9 Å². The highest BCUT2D eigenvalue weighted by Gasteiger charge is 2.23. The van der Waals surface area contributed by atoms with Crippen molar-refractivity contribution in [2.24, 2.45) is 5.92 Å². The third-order valence-electron chi connectivity index (χ3n) is 4.36. The Morgan fingerprint density at radius 1 is 1.03 bits per heavy atom. The normalized spacial score (nSPS) is 11.5. The Kier molecular flexibility index (Phi) is 8.24. The molecule has 0 aromatic heterocycles. The first-order valence-electron chi connectivity index (χ1n) is 9.52. The van der Waals surface area contributed by atoms with Crippen molar-refractivity contribution in [3.63, 3.8) is 0 Å². The molecule has 0 saturated carbocycles. The van der Waals surface area contributed by atoms with Crippen molar-refractivity contribution >= 4 is 29.3 Å². The maximum Gasteiger partial charge on any atom is 0.269 e. The molecule has 7 nitrogen and oxygen atoms in total. The van der Waals surface area contributed by atoms with Gasteiger partial charge in [-0.25, -0.2) is 0 Å². The highest BCUT2D eigenvalue weighted by molar-refractivity contribution is 6.31. The molecule has 3 amide bonds. The summed E-state index contributed by atoms with van der Waals surface area (Å²) >= 11 is 6.01. The number of nitrogens with one attached hydrogen (secondary N) is 3. The van der Waals surface area contributed by atoms with Crippen molar-refractivity contribution in [3.05, 3.63) is 64.2 Å². The van der Waals surface area contributed by atoms with E-state index in [-0.39, 0.29) is 11.8 Å². The van der Waals surface area contributed by atoms with Crippen LogP contribution in [0.25, 0.3) is 0 Å². The zero-order valence-corrected chi connectivity index (χ0v) is 18.2. The molecule has 0 heterocycles. The van der Waals surface area contributed by atoms with Gasteiger partial charge in [0.2, 0.25) is 5.91 Å².